The summed E-state index contributed by atoms with van der Waals surface area (Å²) in [5, 5.41) is 2.53. The lowest BCUT2D eigenvalue weighted by molar-refractivity contribution is -0.137. The van der Waals surface area contributed by atoms with E-state index in [1.165, 1.54) is 17.0 Å². The molecule has 4 nitrogen and oxygen atoms in total. The van der Waals surface area contributed by atoms with Crippen molar-refractivity contribution in [3.8, 4) is 0 Å². The SMILES string of the molecule is CCN(C(=O)/C=C/c1ccc(C(=O)NC)cc1)C(C)c1cccc(C(F)(F)F)c1. The summed E-state index contributed by atoms with van der Waals surface area (Å²) in [7, 11) is 1.54. The molecule has 2 rings (SSSR count). The van der Waals surface area contributed by atoms with Crippen molar-refractivity contribution in [1.82, 2.24) is 10.2 Å². The number of nitrogens with one attached hydrogen (secondary N) is 1. The van der Waals surface area contributed by atoms with Crippen LogP contribution >= 0.6 is 0 Å². The number of benzene rings is 2. The quantitative estimate of drug-likeness (QED) is 0.711. The molecule has 29 heavy (non-hydrogen) atoms. The number of alkyl halides is 3. The molecule has 0 saturated carbocycles. The van der Waals surface area contributed by atoms with E-state index in [4.69, 9.17) is 0 Å². The number of amides is 2. The van der Waals surface area contributed by atoms with Crippen LogP contribution in [0.3, 0.4) is 0 Å². The molecule has 2 aromatic carbocycles. The Morgan fingerprint density at radius 1 is 1.14 bits per heavy atom. The largest absolute Gasteiger partial charge is 0.416 e. The molecule has 0 aliphatic carbocycles. The van der Waals surface area contributed by atoms with Gasteiger partial charge in [-0.2, -0.15) is 13.2 Å². The summed E-state index contributed by atoms with van der Waals surface area (Å²) in [6, 6.07) is 11.2. The fourth-order valence-electron chi connectivity index (χ4n) is 2.93. The highest BCUT2D eigenvalue weighted by Crippen LogP contribution is 2.32. The van der Waals surface area contributed by atoms with Crippen molar-refractivity contribution in [2.75, 3.05) is 13.6 Å². The van der Waals surface area contributed by atoms with Crippen molar-refractivity contribution < 1.29 is 22.8 Å². The summed E-state index contributed by atoms with van der Waals surface area (Å²) in [6.07, 6.45) is -1.45. The van der Waals surface area contributed by atoms with Gasteiger partial charge in [0.05, 0.1) is 11.6 Å². The molecule has 0 heterocycles. The lowest BCUT2D eigenvalue weighted by atomic mass is 10.0. The maximum absolute atomic E-state index is 13.0. The summed E-state index contributed by atoms with van der Waals surface area (Å²) in [5.74, 6) is -0.517. The number of rotatable bonds is 6. The van der Waals surface area contributed by atoms with Gasteiger partial charge in [-0.25, -0.2) is 0 Å². The second-order valence-corrected chi connectivity index (χ2v) is 6.46. The average Bonchev–Trinajstić information content (AvgIpc) is 2.72. The molecule has 1 unspecified atom stereocenters. The summed E-state index contributed by atoms with van der Waals surface area (Å²) >= 11 is 0. The molecular formula is C22H23F3N2O2. The van der Waals surface area contributed by atoms with Crippen LogP contribution in [0.4, 0.5) is 13.2 Å². The first-order valence-electron chi connectivity index (χ1n) is 9.15. The second-order valence-electron chi connectivity index (χ2n) is 6.46. The van der Waals surface area contributed by atoms with Crippen LogP contribution in [0.1, 0.15) is 46.9 Å². The molecule has 0 radical (unpaired) electrons. The molecule has 154 valence electrons. The smallest absolute Gasteiger partial charge is 0.355 e. The lowest BCUT2D eigenvalue weighted by Gasteiger charge is -2.28. The fraction of sp³-hybridized carbons (Fsp3) is 0.273. The number of carbonyl (C=O) groups is 2. The van der Waals surface area contributed by atoms with E-state index in [0.717, 1.165) is 17.7 Å². The van der Waals surface area contributed by atoms with E-state index in [0.29, 0.717) is 17.7 Å². The van der Waals surface area contributed by atoms with Crippen LogP contribution in [0.15, 0.2) is 54.6 Å². The Bertz CT molecular complexity index is 890. The molecule has 0 saturated heterocycles. The number of likely N-dealkylation sites (N-methyl/N-ethyl adjacent to an activating group) is 1. The van der Waals surface area contributed by atoms with Gasteiger partial charge in [-0.3, -0.25) is 9.59 Å². The Kier molecular flexibility index (Phi) is 7.20. The molecule has 0 spiro atoms. The maximum Gasteiger partial charge on any atom is 0.416 e. The normalized spacial score (nSPS) is 12.6. The molecule has 0 fully saturated rings. The zero-order chi connectivity index (χ0) is 21.6. The fourth-order valence-corrected chi connectivity index (χ4v) is 2.93. The van der Waals surface area contributed by atoms with E-state index in [9.17, 15) is 22.8 Å². The van der Waals surface area contributed by atoms with Gasteiger partial charge in [-0.15, -0.1) is 0 Å². The minimum Gasteiger partial charge on any atom is -0.355 e. The Balaban J connectivity index is 2.15. The van der Waals surface area contributed by atoms with E-state index >= 15 is 0 Å². The number of nitrogens with zero attached hydrogens (tertiary/aromatic N) is 1. The van der Waals surface area contributed by atoms with Crippen LogP contribution < -0.4 is 5.32 Å². The molecule has 2 aromatic rings. The number of halogens is 3. The van der Waals surface area contributed by atoms with Crippen LogP contribution in [-0.4, -0.2) is 30.3 Å². The third-order valence-corrected chi connectivity index (χ3v) is 4.61. The van der Waals surface area contributed by atoms with Crippen LogP contribution in [0, 0.1) is 0 Å². The Labute approximate surface area is 168 Å². The van der Waals surface area contributed by atoms with Crippen molar-refractivity contribution in [2.24, 2.45) is 0 Å². The molecule has 1 atom stereocenters. The third kappa shape index (κ3) is 5.70. The third-order valence-electron chi connectivity index (χ3n) is 4.61. The summed E-state index contributed by atoms with van der Waals surface area (Å²) in [6.45, 7) is 3.81. The zero-order valence-corrected chi connectivity index (χ0v) is 16.5. The van der Waals surface area contributed by atoms with Gasteiger partial charge in [0.15, 0.2) is 0 Å². The molecule has 0 aliphatic rings. The predicted molar refractivity (Wildman–Crippen MR) is 106 cm³/mol. The Morgan fingerprint density at radius 3 is 2.34 bits per heavy atom. The van der Waals surface area contributed by atoms with Crippen LogP contribution in [0.5, 0.6) is 0 Å². The van der Waals surface area contributed by atoms with Crippen molar-refractivity contribution >= 4 is 17.9 Å². The van der Waals surface area contributed by atoms with Gasteiger partial charge < -0.3 is 10.2 Å². The van der Waals surface area contributed by atoms with Gasteiger partial charge in [0.25, 0.3) is 5.91 Å². The van der Waals surface area contributed by atoms with Gasteiger partial charge in [-0.1, -0.05) is 24.3 Å². The van der Waals surface area contributed by atoms with Crippen molar-refractivity contribution in [2.45, 2.75) is 26.1 Å². The van der Waals surface area contributed by atoms with Crippen molar-refractivity contribution in [3.63, 3.8) is 0 Å². The molecule has 0 aromatic heterocycles. The highest BCUT2D eigenvalue weighted by atomic mass is 19.4. The average molecular weight is 404 g/mol. The zero-order valence-electron chi connectivity index (χ0n) is 16.5. The van der Waals surface area contributed by atoms with E-state index in [1.807, 2.05) is 0 Å². The second kappa shape index (κ2) is 9.41. The Morgan fingerprint density at radius 2 is 1.79 bits per heavy atom. The van der Waals surface area contributed by atoms with Gasteiger partial charge in [0.1, 0.15) is 0 Å². The molecule has 0 bridgehead atoms. The van der Waals surface area contributed by atoms with Crippen LogP contribution in [0.25, 0.3) is 6.08 Å². The molecular weight excluding hydrogens is 381 g/mol. The predicted octanol–water partition coefficient (Wildman–Crippen LogP) is 4.69. The molecule has 2 amide bonds. The van der Waals surface area contributed by atoms with Crippen LogP contribution in [0.2, 0.25) is 0 Å². The van der Waals surface area contributed by atoms with Crippen molar-refractivity contribution in [3.05, 3.63) is 76.9 Å². The summed E-state index contributed by atoms with van der Waals surface area (Å²) in [4.78, 5) is 25.7. The maximum atomic E-state index is 13.0. The first-order valence-corrected chi connectivity index (χ1v) is 9.15. The van der Waals surface area contributed by atoms with Crippen molar-refractivity contribution in [1.29, 1.82) is 0 Å². The highest BCUT2D eigenvalue weighted by Gasteiger charge is 2.31. The van der Waals surface area contributed by atoms with E-state index in [1.54, 1.807) is 57.3 Å². The van der Waals surface area contributed by atoms with E-state index < -0.39 is 17.8 Å². The number of carbonyl (C=O) groups excluding carboxylic acids is 2. The standard InChI is InChI=1S/C22H23F3N2O2/c1-4-27(15(2)18-6-5-7-19(14-18)22(23,24)25)20(28)13-10-16-8-11-17(12-9-16)21(29)26-3/h5-15H,4H2,1-3H3,(H,26,29)/b13-10+. The van der Waals surface area contributed by atoms with Gasteiger partial charge in [-0.05, 0) is 55.3 Å². The topological polar surface area (TPSA) is 49.4 Å². The van der Waals surface area contributed by atoms with Gasteiger partial charge in [0, 0.05) is 25.2 Å². The summed E-state index contributed by atoms with van der Waals surface area (Å²) in [5.41, 5.74) is 0.911. The highest BCUT2D eigenvalue weighted by molar-refractivity contribution is 5.95. The Hall–Kier alpha value is -3.09. The van der Waals surface area contributed by atoms with Gasteiger partial charge >= 0.3 is 6.18 Å². The minimum absolute atomic E-state index is 0.205. The number of hydrogen-bond donors (Lipinski definition) is 1. The molecule has 1 N–H and O–H groups in total. The molecule has 0 aliphatic heterocycles. The first kappa shape index (κ1) is 22.2. The van der Waals surface area contributed by atoms with Gasteiger partial charge in [0.2, 0.25) is 5.91 Å². The van der Waals surface area contributed by atoms with E-state index in [-0.39, 0.29) is 11.8 Å². The lowest BCUT2D eigenvalue weighted by Crippen LogP contribution is -2.32. The van der Waals surface area contributed by atoms with E-state index in [2.05, 4.69) is 5.32 Å². The monoisotopic (exact) mass is 404 g/mol. The summed E-state index contributed by atoms with van der Waals surface area (Å²) < 4.78 is 38.9. The van der Waals surface area contributed by atoms with Crippen LogP contribution in [-0.2, 0) is 11.0 Å². The first-order chi connectivity index (χ1) is 13.7. The molecule has 7 heteroatoms. The number of hydrogen-bond acceptors (Lipinski definition) is 2. The minimum atomic E-state index is -4.43.